The summed E-state index contributed by atoms with van der Waals surface area (Å²) in [7, 11) is 0. The van der Waals surface area contributed by atoms with E-state index in [4.69, 9.17) is 5.41 Å². The van der Waals surface area contributed by atoms with E-state index in [0.29, 0.717) is 0 Å². The van der Waals surface area contributed by atoms with Crippen LogP contribution in [-0.2, 0) is 0 Å². The van der Waals surface area contributed by atoms with Gasteiger partial charge in [0.15, 0.2) is 0 Å². The molecule has 174 valence electrons. The Bertz CT molecular complexity index is 688. The van der Waals surface area contributed by atoms with Crippen molar-refractivity contribution >= 4 is 6.21 Å². The predicted octanol–water partition coefficient (Wildman–Crippen LogP) is 10.2. The van der Waals surface area contributed by atoms with E-state index in [9.17, 15) is 0 Å². The molecule has 0 fully saturated rings. The zero-order chi connectivity index (χ0) is 23.5. The second kappa shape index (κ2) is 18.8. The number of unbranched alkanes of at least 4 members (excludes halogenated alkanes) is 1. The average molecular weight is 424 g/mol. The van der Waals surface area contributed by atoms with Crippen molar-refractivity contribution < 1.29 is 0 Å². The Labute approximate surface area is 194 Å². The smallest absolute Gasteiger partial charge is 0.0203 e. The molecule has 0 aliphatic rings. The lowest BCUT2D eigenvalue weighted by Crippen LogP contribution is -1.82. The minimum Gasteiger partial charge on any atom is -0.308 e. The normalized spacial score (nSPS) is 14.1. The van der Waals surface area contributed by atoms with Gasteiger partial charge in [0.1, 0.15) is 0 Å². The van der Waals surface area contributed by atoms with E-state index < -0.39 is 0 Å². The highest BCUT2D eigenvalue weighted by atomic mass is 14.3. The molecule has 0 aromatic rings. The molecule has 0 bridgehead atoms. The molecule has 1 heteroatoms. The van der Waals surface area contributed by atoms with Crippen LogP contribution in [-0.4, -0.2) is 6.21 Å². The Balaban J connectivity index is 4.08. The molecule has 0 aromatic heterocycles. The first-order valence-corrected chi connectivity index (χ1v) is 12.2. The van der Waals surface area contributed by atoms with Crippen LogP contribution in [0.1, 0.15) is 113 Å². The number of allylic oxidation sites excluding steroid dienone is 12. The van der Waals surface area contributed by atoms with E-state index >= 15 is 0 Å². The summed E-state index contributed by atoms with van der Waals surface area (Å²) in [5.74, 6) is 0. The fourth-order valence-corrected chi connectivity index (χ4v) is 3.34. The van der Waals surface area contributed by atoms with Crippen LogP contribution in [0.4, 0.5) is 0 Å². The third-order valence-corrected chi connectivity index (χ3v) is 5.54. The lowest BCUT2D eigenvalue weighted by atomic mass is 10.0. The maximum atomic E-state index is 7.20. The van der Waals surface area contributed by atoms with Crippen LogP contribution in [0, 0.1) is 5.41 Å². The average Bonchev–Trinajstić information content (AvgIpc) is 2.70. The Morgan fingerprint density at radius 3 is 1.13 bits per heavy atom. The van der Waals surface area contributed by atoms with Gasteiger partial charge in [-0.25, -0.2) is 0 Å². The zero-order valence-corrected chi connectivity index (χ0v) is 21.6. The third kappa shape index (κ3) is 19.8. The summed E-state index contributed by atoms with van der Waals surface area (Å²) in [6, 6.07) is 0. The van der Waals surface area contributed by atoms with Gasteiger partial charge < -0.3 is 5.41 Å². The lowest BCUT2D eigenvalue weighted by Gasteiger charge is -2.02. The van der Waals surface area contributed by atoms with Gasteiger partial charge in [-0.1, -0.05) is 64.3 Å². The van der Waals surface area contributed by atoms with Gasteiger partial charge in [-0.15, -0.1) is 0 Å². The summed E-state index contributed by atoms with van der Waals surface area (Å²) in [4.78, 5) is 0. The van der Waals surface area contributed by atoms with Gasteiger partial charge in [-0.05, 0) is 118 Å². The number of rotatable bonds is 16. The maximum Gasteiger partial charge on any atom is 0.0203 e. The molecule has 0 heterocycles. The van der Waals surface area contributed by atoms with Crippen molar-refractivity contribution in [1.82, 2.24) is 0 Å². The van der Waals surface area contributed by atoms with Gasteiger partial charge in [0.05, 0.1) is 0 Å². The quantitative estimate of drug-likeness (QED) is 0.145. The second-order valence-corrected chi connectivity index (χ2v) is 9.31. The second-order valence-electron chi connectivity index (χ2n) is 9.31. The molecule has 1 N–H and O–H groups in total. The molecule has 0 atom stereocenters. The van der Waals surface area contributed by atoms with Crippen LogP contribution in [0.3, 0.4) is 0 Å². The molecular formula is C30H49N. The third-order valence-electron chi connectivity index (χ3n) is 5.54. The van der Waals surface area contributed by atoms with Gasteiger partial charge in [0.25, 0.3) is 0 Å². The van der Waals surface area contributed by atoms with Crippen molar-refractivity contribution in [3.63, 3.8) is 0 Å². The zero-order valence-electron chi connectivity index (χ0n) is 21.6. The highest BCUT2D eigenvalue weighted by Gasteiger charge is 1.94. The van der Waals surface area contributed by atoms with Crippen molar-refractivity contribution in [2.45, 2.75) is 113 Å². The monoisotopic (exact) mass is 423 g/mol. The molecule has 0 radical (unpaired) electrons. The highest BCUT2D eigenvalue weighted by molar-refractivity contribution is 5.74. The molecule has 31 heavy (non-hydrogen) atoms. The summed E-state index contributed by atoms with van der Waals surface area (Å²) in [5, 5.41) is 7.20. The summed E-state index contributed by atoms with van der Waals surface area (Å²) >= 11 is 0. The van der Waals surface area contributed by atoms with Crippen LogP contribution in [0.2, 0.25) is 0 Å². The van der Waals surface area contributed by atoms with Gasteiger partial charge >= 0.3 is 0 Å². The molecular weight excluding hydrogens is 374 g/mol. The molecule has 0 aliphatic heterocycles. The Kier molecular flexibility index (Phi) is 17.7. The fraction of sp³-hybridized carbons (Fsp3) is 0.567. The van der Waals surface area contributed by atoms with Crippen LogP contribution in [0.25, 0.3) is 0 Å². The van der Waals surface area contributed by atoms with Crippen LogP contribution in [0.5, 0.6) is 0 Å². The van der Waals surface area contributed by atoms with E-state index in [1.165, 1.54) is 59.8 Å². The molecule has 0 unspecified atom stereocenters. The van der Waals surface area contributed by atoms with E-state index in [-0.39, 0.29) is 0 Å². The fourth-order valence-electron chi connectivity index (χ4n) is 3.34. The first-order valence-electron chi connectivity index (χ1n) is 12.2. The van der Waals surface area contributed by atoms with Crippen molar-refractivity contribution in [2.75, 3.05) is 0 Å². The van der Waals surface area contributed by atoms with Crippen LogP contribution in [0.15, 0.2) is 69.9 Å². The van der Waals surface area contributed by atoms with Crippen LogP contribution < -0.4 is 0 Å². The van der Waals surface area contributed by atoms with Crippen LogP contribution >= 0.6 is 0 Å². The Morgan fingerprint density at radius 1 is 0.452 bits per heavy atom. The molecule has 0 aromatic carbocycles. The minimum atomic E-state index is 1.04. The SMILES string of the molecule is CC(C)=CCC/C(C)=C/CC/C(C)=C/CC/C=C(\C)CC/C=C(\C)CCC=C(C)C=N. The summed E-state index contributed by atoms with van der Waals surface area (Å²) in [6.07, 6.45) is 27.0. The lowest BCUT2D eigenvalue weighted by molar-refractivity contribution is 0.896. The van der Waals surface area contributed by atoms with E-state index in [1.807, 2.05) is 6.92 Å². The molecule has 0 rings (SSSR count). The molecule has 0 amide bonds. The van der Waals surface area contributed by atoms with E-state index in [1.54, 1.807) is 0 Å². The van der Waals surface area contributed by atoms with Gasteiger partial charge in [-0.2, -0.15) is 0 Å². The maximum absolute atomic E-state index is 7.20. The van der Waals surface area contributed by atoms with Gasteiger partial charge in [0.2, 0.25) is 0 Å². The highest BCUT2D eigenvalue weighted by Crippen LogP contribution is 2.14. The Morgan fingerprint density at radius 2 is 0.774 bits per heavy atom. The molecule has 0 saturated carbocycles. The standard InChI is InChI=1S/C30H49N/c1-25(2)14-10-17-28(5)20-11-18-26(3)15-8-9-16-27(4)19-12-21-29(6)22-13-23-30(7)24-31/h14-16,20-21,23-24,31H,8-13,17-19,22H2,1-7H3/b26-15+,27-16+,28-20+,29-21+,30-23?,31-24?. The van der Waals surface area contributed by atoms with Crippen molar-refractivity contribution in [3.8, 4) is 0 Å². The molecule has 1 nitrogen and oxygen atoms in total. The Hall–Kier alpha value is -1.89. The molecule has 0 spiro atoms. The first-order chi connectivity index (χ1) is 14.7. The van der Waals surface area contributed by atoms with Crippen molar-refractivity contribution in [2.24, 2.45) is 0 Å². The number of nitrogens with one attached hydrogen (secondary N) is 1. The van der Waals surface area contributed by atoms with E-state index in [2.05, 4.69) is 78.0 Å². The largest absolute Gasteiger partial charge is 0.308 e. The van der Waals surface area contributed by atoms with Gasteiger partial charge in [-0.3, -0.25) is 0 Å². The summed E-state index contributed by atoms with van der Waals surface area (Å²) in [5.41, 5.74) is 8.47. The summed E-state index contributed by atoms with van der Waals surface area (Å²) in [6.45, 7) is 15.4. The summed E-state index contributed by atoms with van der Waals surface area (Å²) < 4.78 is 0. The first kappa shape index (κ1) is 29.1. The van der Waals surface area contributed by atoms with Crippen molar-refractivity contribution in [3.05, 3.63) is 69.9 Å². The predicted molar refractivity (Wildman–Crippen MR) is 143 cm³/mol. The van der Waals surface area contributed by atoms with Crippen molar-refractivity contribution in [1.29, 1.82) is 5.41 Å². The number of hydrogen-bond acceptors (Lipinski definition) is 1. The topological polar surface area (TPSA) is 23.9 Å². The number of hydrogen-bond donors (Lipinski definition) is 1. The molecule has 0 aliphatic carbocycles. The van der Waals surface area contributed by atoms with Gasteiger partial charge in [0, 0.05) is 6.21 Å². The minimum absolute atomic E-state index is 1.04. The molecule has 0 saturated heterocycles. The van der Waals surface area contributed by atoms with E-state index in [0.717, 1.165) is 44.1 Å².